The summed E-state index contributed by atoms with van der Waals surface area (Å²) < 4.78 is 18.0. The second-order valence-electron chi connectivity index (χ2n) is 5.82. The summed E-state index contributed by atoms with van der Waals surface area (Å²) in [5, 5.41) is 1.91. The molecule has 2 atom stereocenters. The summed E-state index contributed by atoms with van der Waals surface area (Å²) in [5.74, 6) is 0. The average Bonchev–Trinajstić information content (AvgIpc) is 2.96. The van der Waals surface area contributed by atoms with Crippen LogP contribution in [0.1, 0.15) is 13.3 Å². The van der Waals surface area contributed by atoms with E-state index in [1.54, 1.807) is 12.1 Å². The normalized spacial score (nSPS) is 13.9. The van der Waals surface area contributed by atoms with Gasteiger partial charge in [-0.25, -0.2) is 8.93 Å². The number of nitrogen functional groups attached to an aromatic ring is 1. The van der Waals surface area contributed by atoms with Crippen molar-refractivity contribution in [3.8, 4) is 0 Å². The molecule has 0 fully saturated rings. The van der Waals surface area contributed by atoms with Gasteiger partial charge in [0.25, 0.3) is 0 Å². The number of rotatable bonds is 6. The van der Waals surface area contributed by atoms with Crippen molar-refractivity contribution in [3.05, 3.63) is 58.7 Å². The van der Waals surface area contributed by atoms with Gasteiger partial charge in [-0.1, -0.05) is 48.3 Å². The molecule has 3 N–H and O–H groups in total. The van der Waals surface area contributed by atoms with E-state index in [2.05, 4.69) is 27.5 Å². The van der Waals surface area contributed by atoms with Crippen LogP contribution in [0.25, 0.3) is 10.9 Å². The molecule has 0 aliphatic carbocycles. The maximum Gasteiger partial charge on any atom is 0.128 e. The summed E-state index contributed by atoms with van der Waals surface area (Å²) in [7, 11) is -1.52. The van der Waals surface area contributed by atoms with E-state index >= 15 is 0 Å². The summed E-state index contributed by atoms with van der Waals surface area (Å²) in [4.78, 5) is 0.377. The van der Waals surface area contributed by atoms with Crippen molar-refractivity contribution in [2.24, 2.45) is 0 Å². The van der Waals surface area contributed by atoms with Crippen molar-refractivity contribution >= 4 is 50.8 Å². The number of nitrogens with two attached hydrogens (primary N) is 1. The van der Waals surface area contributed by atoms with Gasteiger partial charge in [0, 0.05) is 29.3 Å². The Bertz CT molecular complexity index is 903. The van der Waals surface area contributed by atoms with Crippen LogP contribution in [0, 0.1) is 0 Å². The van der Waals surface area contributed by atoms with Crippen LogP contribution in [0.5, 0.6) is 0 Å². The third-order valence-corrected chi connectivity index (χ3v) is 6.09. The zero-order valence-corrected chi connectivity index (χ0v) is 16.0. The smallest absolute Gasteiger partial charge is 0.128 e. The van der Waals surface area contributed by atoms with E-state index < -0.39 is 11.0 Å². The predicted molar refractivity (Wildman–Crippen MR) is 106 cm³/mol. The topological polar surface area (TPSA) is 60.0 Å². The number of anilines is 1. The third-order valence-electron chi connectivity index (χ3n) is 4.09. The van der Waals surface area contributed by atoms with Gasteiger partial charge in [0.1, 0.15) is 11.0 Å². The lowest BCUT2D eigenvalue weighted by atomic mass is 10.2. The number of hydrogen-bond donors (Lipinski definition) is 2. The first kappa shape index (κ1) is 18.3. The maximum absolute atomic E-state index is 12.7. The van der Waals surface area contributed by atoms with Crippen molar-refractivity contribution in [1.82, 2.24) is 9.29 Å². The van der Waals surface area contributed by atoms with Gasteiger partial charge in [-0.3, -0.25) is 0 Å². The number of hydrogen-bond acceptors (Lipinski definition) is 2. The lowest BCUT2D eigenvalue weighted by molar-refractivity contribution is 0.512. The Labute approximate surface area is 159 Å². The molecule has 25 heavy (non-hydrogen) atoms. The maximum atomic E-state index is 12.7. The van der Waals surface area contributed by atoms with Gasteiger partial charge in [-0.05, 0) is 36.1 Å². The molecule has 0 radical (unpaired) electrons. The van der Waals surface area contributed by atoms with Crippen molar-refractivity contribution in [1.29, 1.82) is 0 Å². The summed E-state index contributed by atoms with van der Waals surface area (Å²) in [5.41, 5.74) is 7.42. The highest BCUT2D eigenvalue weighted by atomic mass is 35.5. The number of halogens is 2. The van der Waals surface area contributed by atoms with E-state index in [9.17, 15) is 4.21 Å². The molecule has 0 aliphatic heterocycles. The Morgan fingerprint density at radius 2 is 2.00 bits per heavy atom. The van der Waals surface area contributed by atoms with E-state index in [0.717, 1.165) is 11.9 Å². The molecule has 0 saturated carbocycles. The van der Waals surface area contributed by atoms with Gasteiger partial charge in [0.15, 0.2) is 0 Å². The lowest BCUT2D eigenvalue weighted by Gasteiger charge is -2.19. The molecule has 0 spiro atoms. The molecule has 132 valence electrons. The molecule has 2 aromatic carbocycles. The number of nitrogens with zero attached hydrogens (tertiary/aromatic N) is 1. The lowest BCUT2D eigenvalue weighted by Crippen LogP contribution is -2.34. The monoisotopic (exact) mass is 395 g/mol. The molecule has 0 amide bonds. The minimum atomic E-state index is -1.52. The predicted octanol–water partition coefficient (Wildman–Crippen LogP) is 4.62. The second-order valence-corrected chi connectivity index (χ2v) is 7.85. The molecule has 0 aliphatic rings. The van der Waals surface area contributed by atoms with E-state index in [-0.39, 0.29) is 6.04 Å². The SMILES string of the molecule is CC[C@@H](Cn1ccc2ccccc21)NS(=O)c1c(N)cc(Cl)cc1Cl. The van der Waals surface area contributed by atoms with Crippen LogP contribution in [0.2, 0.25) is 10.0 Å². The van der Waals surface area contributed by atoms with Crippen LogP contribution in [0.15, 0.2) is 53.6 Å². The number of para-hydroxylation sites is 1. The Balaban J connectivity index is 1.79. The molecule has 1 unspecified atom stereocenters. The van der Waals surface area contributed by atoms with Gasteiger partial charge in [-0.2, -0.15) is 0 Å². The largest absolute Gasteiger partial charge is 0.398 e. The fraction of sp³-hybridized carbons (Fsp3) is 0.222. The van der Waals surface area contributed by atoms with Crippen molar-refractivity contribution in [2.45, 2.75) is 30.8 Å². The van der Waals surface area contributed by atoms with Crippen LogP contribution in [0.3, 0.4) is 0 Å². The zero-order valence-electron chi connectivity index (χ0n) is 13.7. The first-order chi connectivity index (χ1) is 12.0. The van der Waals surface area contributed by atoms with Crippen LogP contribution in [-0.2, 0) is 17.5 Å². The van der Waals surface area contributed by atoms with Crippen LogP contribution < -0.4 is 10.5 Å². The Morgan fingerprint density at radius 1 is 1.24 bits per heavy atom. The molecule has 7 heteroatoms. The van der Waals surface area contributed by atoms with E-state index in [0.29, 0.717) is 27.2 Å². The fourth-order valence-corrected chi connectivity index (χ4v) is 4.66. The highest BCUT2D eigenvalue weighted by Crippen LogP contribution is 2.29. The molecular weight excluding hydrogens is 377 g/mol. The summed E-state index contributed by atoms with van der Waals surface area (Å²) in [6, 6.07) is 13.4. The van der Waals surface area contributed by atoms with E-state index in [4.69, 9.17) is 28.9 Å². The van der Waals surface area contributed by atoms with Gasteiger partial charge in [0.2, 0.25) is 0 Å². The van der Waals surface area contributed by atoms with Crippen LogP contribution in [0.4, 0.5) is 5.69 Å². The van der Waals surface area contributed by atoms with Crippen molar-refractivity contribution < 1.29 is 4.21 Å². The average molecular weight is 396 g/mol. The standard InChI is InChI=1S/C18H19Cl2N3OS/c1-2-14(11-23-8-7-12-5-3-4-6-17(12)23)22-25(24)18-15(20)9-13(19)10-16(18)21/h3-10,14,22H,2,11,21H2,1H3/t14-,25?/m0/s1. The third kappa shape index (κ3) is 4.01. The molecule has 3 rings (SSSR count). The van der Waals surface area contributed by atoms with E-state index in [1.807, 2.05) is 25.3 Å². The van der Waals surface area contributed by atoms with Crippen LogP contribution in [-0.4, -0.2) is 14.8 Å². The molecule has 1 aromatic heterocycles. The van der Waals surface area contributed by atoms with Gasteiger partial charge in [-0.15, -0.1) is 0 Å². The number of benzene rings is 2. The number of aromatic nitrogens is 1. The zero-order chi connectivity index (χ0) is 18.0. The highest BCUT2D eigenvalue weighted by molar-refractivity contribution is 7.83. The minimum absolute atomic E-state index is 0.00258. The van der Waals surface area contributed by atoms with E-state index in [1.165, 1.54) is 5.39 Å². The highest BCUT2D eigenvalue weighted by Gasteiger charge is 2.18. The molecule has 1 heterocycles. The van der Waals surface area contributed by atoms with Gasteiger partial charge < -0.3 is 10.3 Å². The first-order valence-corrected chi connectivity index (χ1v) is 9.86. The van der Waals surface area contributed by atoms with Crippen molar-refractivity contribution in [2.75, 3.05) is 5.73 Å². The molecule has 4 nitrogen and oxygen atoms in total. The quantitative estimate of drug-likeness (QED) is 0.598. The fourth-order valence-electron chi connectivity index (χ4n) is 2.77. The summed E-state index contributed by atoms with van der Waals surface area (Å²) >= 11 is 12.1. The number of fused-ring (bicyclic) bond motifs is 1. The van der Waals surface area contributed by atoms with Crippen LogP contribution >= 0.6 is 23.2 Å². The molecule has 0 bridgehead atoms. The molecular formula is C18H19Cl2N3OS. The first-order valence-electron chi connectivity index (χ1n) is 7.96. The Morgan fingerprint density at radius 3 is 2.72 bits per heavy atom. The minimum Gasteiger partial charge on any atom is -0.398 e. The number of nitrogens with one attached hydrogen (secondary N) is 1. The second kappa shape index (κ2) is 7.79. The Kier molecular flexibility index (Phi) is 5.69. The molecule has 0 saturated heterocycles. The van der Waals surface area contributed by atoms with Gasteiger partial charge >= 0.3 is 0 Å². The summed E-state index contributed by atoms with van der Waals surface area (Å²) in [6.07, 6.45) is 2.85. The van der Waals surface area contributed by atoms with Crippen molar-refractivity contribution in [3.63, 3.8) is 0 Å². The Hall–Kier alpha value is -1.53. The summed E-state index contributed by atoms with van der Waals surface area (Å²) in [6.45, 7) is 2.74. The molecule has 3 aromatic rings. The van der Waals surface area contributed by atoms with Gasteiger partial charge in [0.05, 0.1) is 15.6 Å².